The molecule has 0 spiro atoms. The van der Waals surface area contributed by atoms with Crippen molar-refractivity contribution in [2.45, 2.75) is 19.8 Å². The van der Waals surface area contributed by atoms with E-state index in [2.05, 4.69) is 53.6 Å². The van der Waals surface area contributed by atoms with Crippen molar-refractivity contribution < 1.29 is 4.42 Å². The molecule has 1 aromatic heterocycles. The van der Waals surface area contributed by atoms with Crippen LogP contribution in [-0.4, -0.2) is 12.4 Å². The molecular weight excluding hydrogens is 272 g/mol. The number of amidine groups is 1. The van der Waals surface area contributed by atoms with Crippen molar-refractivity contribution in [3.8, 4) is 0 Å². The van der Waals surface area contributed by atoms with Crippen LogP contribution in [0.15, 0.2) is 70.3 Å². The third-order valence-electron chi connectivity index (χ3n) is 3.58. The zero-order valence-corrected chi connectivity index (χ0v) is 12.8. The lowest BCUT2D eigenvalue weighted by Crippen LogP contribution is -2.14. The van der Waals surface area contributed by atoms with E-state index in [4.69, 9.17) is 4.42 Å². The first-order valence-corrected chi connectivity index (χ1v) is 7.71. The molecule has 0 aliphatic rings. The van der Waals surface area contributed by atoms with Crippen LogP contribution >= 0.6 is 0 Å². The summed E-state index contributed by atoms with van der Waals surface area (Å²) in [5.74, 6) is 1.55. The van der Waals surface area contributed by atoms with E-state index in [9.17, 15) is 0 Å². The highest BCUT2D eigenvalue weighted by atomic mass is 16.3. The molecule has 0 bridgehead atoms. The predicted molar refractivity (Wildman–Crippen MR) is 92.6 cm³/mol. The number of hydrogen-bond acceptors (Lipinski definition) is 2. The van der Waals surface area contributed by atoms with Gasteiger partial charge in [-0.1, -0.05) is 49.7 Å². The molecule has 3 heteroatoms. The number of fused-ring (bicyclic) bond motifs is 1. The molecule has 3 rings (SSSR count). The Bertz CT molecular complexity index is 755. The number of benzene rings is 2. The molecule has 1 heterocycles. The van der Waals surface area contributed by atoms with E-state index in [0.717, 1.165) is 36.7 Å². The predicted octanol–water partition coefficient (Wildman–Crippen LogP) is 5.09. The first kappa shape index (κ1) is 14.4. The van der Waals surface area contributed by atoms with Gasteiger partial charge in [0.05, 0.1) is 6.26 Å². The van der Waals surface area contributed by atoms with Crippen molar-refractivity contribution in [2.24, 2.45) is 4.99 Å². The van der Waals surface area contributed by atoms with Crippen molar-refractivity contribution in [3.63, 3.8) is 0 Å². The van der Waals surface area contributed by atoms with Crippen LogP contribution in [0.1, 0.15) is 25.5 Å². The summed E-state index contributed by atoms with van der Waals surface area (Å²) in [7, 11) is 0. The normalized spacial score (nSPS) is 11.8. The maximum atomic E-state index is 5.52. The maximum absolute atomic E-state index is 5.52. The average Bonchev–Trinajstić information content (AvgIpc) is 3.09. The van der Waals surface area contributed by atoms with E-state index in [1.165, 1.54) is 10.8 Å². The third kappa shape index (κ3) is 3.19. The fourth-order valence-electron chi connectivity index (χ4n) is 2.40. The Hall–Kier alpha value is -2.55. The summed E-state index contributed by atoms with van der Waals surface area (Å²) in [4.78, 5) is 4.67. The number of nitrogens with one attached hydrogen (secondary N) is 1. The van der Waals surface area contributed by atoms with E-state index in [1.807, 2.05) is 18.2 Å². The summed E-state index contributed by atoms with van der Waals surface area (Å²) >= 11 is 0. The highest BCUT2D eigenvalue weighted by Crippen LogP contribution is 2.23. The second kappa shape index (κ2) is 6.94. The molecule has 0 aliphatic heterocycles. The van der Waals surface area contributed by atoms with Gasteiger partial charge in [0, 0.05) is 17.6 Å². The van der Waals surface area contributed by atoms with Crippen molar-refractivity contribution >= 4 is 22.3 Å². The van der Waals surface area contributed by atoms with Gasteiger partial charge >= 0.3 is 0 Å². The molecule has 112 valence electrons. The zero-order chi connectivity index (χ0) is 15.2. The SMILES string of the molecule is CCCCN=C(Nc1cccc2ccccc12)c1ccco1. The molecular formula is C19H20N2O. The van der Waals surface area contributed by atoms with Gasteiger partial charge in [-0.2, -0.15) is 0 Å². The minimum Gasteiger partial charge on any atom is -0.461 e. The topological polar surface area (TPSA) is 37.5 Å². The van der Waals surface area contributed by atoms with Gasteiger partial charge in [-0.25, -0.2) is 0 Å². The van der Waals surface area contributed by atoms with Crippen LogP contribution in [-0.2, 0) is 0 Å². The summed E-state index contributed by atoms with van der Waals surface area (Å²) in [6.07, 6.45) is 3.88. The first-order chi connectivity index (χ1) is 10.9. The van der Waals surface area contributed by atoms with Gasteiger partial charge in [-0.3, -0.25) is 4.99 Å². The van der Waals surface area contributed by atoms with E-state index >= 15 is 0 Å². The second-order valence-corrected chi connectivity index (χ2v) is 5.21. The highest BCUT2D eigenvalue weighted by molar-refractivity contribution is 6.10. The van der Waals surface area contributed by atoms with E-state index in [-0.39, 0.29) is 0 Å². The second-order valence-electron chi connectivity index (χ2n) is 5.21. The Morgan fingerprint density at radius 3 is 2.73 bits per heavy atom. The zero-order valence-electron chi connectivity index (χ0n) is 12.8. The molecule has 3 aromatic rings. The van der Waals surface area contributed by atoms with Crippen molar-refractivity contribution in [1.82, 2.24) is 0 Å². The Labute approximate surface area is 130 Å². The van der Waals surface area contributed by atoms with Crippen molar-refractivity contribution in [3.05, 3.63) is 66.6 Å². The molecule has 0 radical (unpaired) electrons. The monoisotopic (exact) mass is 292 g/mol. The van der Waals surface area contributed by atoms with Gasteiger partial charge < -0.3 is 9.73 Å². The van der Waals surface area contributed by atoms with Gasteiger partial charge in [0.1, 0.15) is 0 Å². The van der Waals surface area contributed by atoms with Gasteiger partial charge in [0.25, 0.3) is 0 Å². The van der Waals surface area contributed by atoms with Crippen LogP contribution in [0.25, 0.3) is 10.8 Å². The van der Waals surface area contributed by atoms with E-state index in [0.29, 0.717) is 0 Å². The lowest BCUT2D eigenvalue weighted by atomic mass is 10.1. The van der Waals surface area contributed by atoms with Gasteiger partial charge in [-0.05, 0) is 30.0 Å². The third-order valence-corrected chi connectivity index (χ3v) is 3.58. The molecule has 0 saturated heterocycles. The minimum absolute atomic E-state index is 0.768. The van der Waals surface area contributed by atoms with Gasteiger partial charge in [0.15, 0.2) is 11.6 Å². The van der Waals surface area contributed by atoms with Crippen molar-refractivity contribution in [2.75, 3.05) is 11.9 Å². The van der Waals surface area contributed by atoms with Crippen molar-refractivity contribution in [1.29, 1.82) is 0 Å². The van der Waals surface area contributed by atoms with E-state index < -0.39 is 0 Å². The molecule has 0 unspecified atom stereocenters. The first-order valence-electron chi connectivity index (χ1n) is 7.71. The van der Waals surface area contributed by atoms with Crippen LogP contribution in [0.2, 0.25) is 0 Å². The van der Waals surface area contributed by atoms with Gasteiger partial charge in [0.2, 0.25) is 0 Å². The number of hydrogen-bond donors (Lipinski definition) is 1. The molecule has 22 heavy (non-hydrogen) atoms. The van der Waals surface area contributed by atoms with Crippen LogP contribution in [0.4, 0.5) is 5.69 Å². The van der Waals surface area contributed by atoms with Crippen LogP contribution in [0.3, 0.4) is 0 Å². The van der Waals surface area contributed by atoms with E-state index in [1.54, 1.807) is 6.26 Å². The quantitative estimate of drug-likeness (QED) is 0.404. The number of anilines is 1. The molecule has 3 nitrogen and oxygen atoms in total. The summed E-state index contributed by atoms with van der Waals surface area (Å²) in [6.45, 7) is 2.96. The van der Waals surface area contributed by atoms with Crippen LogP contribution in [0.5, 0.6) is 0 Å². The molecule has 0 fully saturated rings. The number of nitrogens with zero attached hydrogens (tertiary/aromatic N) is 1. The summed E-state index contributed by atoms with van der Waals surface area (Å²) in [5.41, 5.74) is 1.05. The summed E-state index contributed by atoms with van der Waals surface area (Å²) in [5, 5.41) is 5.83. The lowest BCUT2D eigenvalue weighted by molar-refractivity contribution is 0.557. The fourth-order valence-corrected chi connectivity index (χ4v) is 2.40. The van der Waals surface area contributed by atoms with Gasteiger partial charge in [-0.15, -0.1) is 0 Å². The van der Waals surface area contributed by atoms with Crippen LogP contribution < -0.4 is 5.32 Å². The number of rotatable bonds is 5. The Morgan fingerprint density at radius 1 is 1.05 bits per heavy atom. The maximum Gasteiger partial charge on any atom is 0.169 e. The Balaban J connectivity index is 1.94. The molecule has 1 N–H and O–H groups in total. The smallest absolute Gasteiger partial charge is 0.169 e. The van der Waals surface area contributed by atoms with Crippen LogP contribution in [0, 0.1) is 0 Å². The summed E-state index contributed by atoms with van der Waals surface area (Å²) < 4.78 is 5.52. The average molecular weight is 292 g/mol. The molecule has 2 aromatic carbocycles. The molecule has 0 saturated carbocycles. The molecule has 0 aliphatic carbocycles. The number of aliphatic imine (C=N–C) groups is 1. The fraction of sp³-hybridized carbons (Fsp3) is 0.211. The number of furan rings is 1. The number of unbranched alkanes of at least 4 members (excludes halogenated alkanes) is 1. The Morgan fingerprint density at radius 2 is 1.91 bits per heavy atom. The Kier molecular flexibility index (Phi) is 4.54. The minimum atomic E-state index is 0.768. The molecule has 0 atom stereocenters. The largest absolute Gasteiger partial charge is 0.461 e. The standard InChI is InChI=1S/C19H20N2O/c1-2-3-13-20-19(18-12-7-14-22-18)21-17-11-6-9-15-8-4-5-10-16(15)17/h4-12,14H,2-3,13H2,1H3,(H,20,21). The summed E-state index contributed by atoms with van der Waals surface area (Å²) in [6, 6.07) is 18.4. The lowest BCUT2D eigenvalue weighted by Gasteiger charge is -2.11. The highest BCUT2D eigenvalue weighted by Gasteiger charge is 2.08. The molecule has 0 amide bonds.